The Morgan fingerprint density at radius 2 is 2.00 bits per heavy atom. The van der Waals surface area contributed by atoms with Crippen LogP contribution in [0.4, 0.5) is 4.79 Å². The number of nitrogens with two attached hydrogens (primary N) is 1. The highest BCUT2D eigenvalue weighted by Gasteiger charge is 2.55. The maximum absolute atomic E-state index is 12.0. The Hall–Kier alpha value is -1.63. The first-order valence-electron chi connectivity index (χ1n) is 5.67. The van der Waals surface area contributed by atoms with Gasteiger partial charge < -0.3 is 16.0 Å². The van der Waals surface area contributed by atoms with Crippen LogP contribution in [0.1, 0.15) is 19.3 Å². The van der Waals surface area contributed by atoms with Crippen LogP contribution in [0.5, 0.6) is 0 Å². The summed E-state index contributed by atoms with van der Waals surface area (Å²) in [5.74, 6) is -0.456. The van der Waals surface area contributed by atoms with Gasteiger partial charge in [0.1, 0.15) is 5.54 Å². The van der Waals surface area contributed by atoms with Crippen molar-refractivity contribution in [2.75, 3.05) is 13.1 Å². The molecular weight excluding hydrogens is 224 g/mol. The molecule has 3 aliphatic rings. The molecule has 2 heterocycles. The molecule has 1 atom stereocenters. The molecule has 7 nitrogen and oxygen atoms in total. The Bertz CT molecular complexity index is 431. The fourth-order valence-corrected chi connectivity index (χ4v) is 2.46. The van der Waals surface area contributed by atoms with Crippen LogP contribution in [0.2, 0.25) is 0 Å². The molecule has 17 heavy (non-hydrogen) atoms. The normalized spacial score (nSPS) is 33.8. The van der Waals surface area contributed by atoms with Gasteiger partial charge in [-0.1, -0.05) is 0 Å². The van der Waals surface area contributed by atoms with E-state index in [0.29, 0.717) is 25.8 Å². The van der Waals surface area contributed by atoms with Gasteiger partial charge in [0.25, 0.3) is 5.91 Å². The van der Waals surface area contributed by atoms with Crippen molar-refractivity contribution < 1.29 is 14.4 Å². The molecule has 92 valence electrons. The molecule has 7 heteroatoms. The van der Waals surface area contributed by atoms with Crippen molar-refractivity contribution in [2.45, 2.75) is 30.3 Å². The molecule has 4 amide bonds. The molecule has 4 N–H and O–H groups in total. The van der Waals surface area contributed by atoms with E-state index in [9.17, 15) is 14.4 Å². The number of nitrogens with one attached hydrogen (secondary N) is 2. The lowest BCUT2D eigenvalue weighted by molar-refractivity contribution is -0.133. The summed E-state index contributed by atoms with van der Waals surface area (Å²) in [4.78, 5) is 36.4. The molecule has 0 radical (unpaired) electrons. The second-order valence-electron chi connectivity index (χ2n) is 5.12. The Balaban J connectivity index is 1.75. The number of nitrogens with zero attached hydrogens (tertiary/aromatic N) is 1. The molecule has 1 unspecified atom stereocenters. The zero-order chi connectivity index (χ0) is 12.3. The number of rotatable bonds is 1. The van der Waals surface area contributed by atoms with E-state index >= 15 is 0 Å². The Labute approximate surface area is 97.7 Å². The van der Waals surface area contributed by atoms with Crippen LogP contribution in [0.15, 0.2) is 0 Å². The van der Waals surface area contributed by atoms with Crippen LogP contribution in [-0.4, -0.2) is 46.9 Å². The minimum absolute atomic E-state index is 0.108. The molecule has 1 spiro atoms. The number of likely N-dealkylation sites (tertiary alicyclic amines) is 1. The van der Waals surface area contributed by atoms with E-state index in [1.54, 1.807) is 4.90 Å². The van der Waals surface area contributed by atoms with Crippen LogP contribution in [0.25, 0.3) is 0 Å². The van der Waals surface area contributed by atoms with Gasteiger partial charge in [-0.3, -0.25) is 14.9 Å². The highest BCUT2D eigenvalue weighted by Crippen LogP contribution is 2.36. The standard InChI is InChI=1S/C10H14N4O3/c11-9(1-2-9)7(16)14-4-3-10(5-14)6(15)12-8(17)13-10/h1-5,11H2,(H2,12,13,15,17). The minimum Gasteiger partial charge on any atom is -0.338 e. The summed E-state index contributed by atoms with van der Waals surface area (Å²) in [7, 11) is 0. The molecule has 1 aliphatic carbocycles. The largest absolute Gasteiger partial charge is 0.338 e. The van der Waals surface area contributed by atoms with E-state index < -0.39 is 17.1 Å². The Morgan fingerprint density at radius 1 is 1.29 bits per heavy atom. The van der Waals surface area contributed by atoms with Gasteiger partial charge in [-0.15, -0.1) is 0 Å². The van der Waals surface area contributed by atoms with E-state index in [1.165, 1.54) is 0 Å². The molecule has 0 aromatic carbocycles. The Morgan fingerprint density at radius 3 is 2.53 bits per heavy atom. The number of urea groups is 1. The number of amides is 4. The zero-order valence-electron chi connectivity index (χ0n) is 9.28. The molecule has 0 bridgehead atoms. The number of hydrogen-bond donors (Lipinski definition) is 3. The molecule has 0 aromatic heterocycles. The summed E-state index contributed by atoms with van der Waals surface area (Å²) >= 11 is 0. The molecule has 1 saturated carbocycles. The van der Waals surface area contributed by atoms with Crippen molar-refractivity contribution in [1.82, 2.24) is 15.5 Å². The second-order valence-corrected chi connectivity index (χ2v) is 5.12. The first-order valence-corrected chi connectivity index (χ1v) is 5.67. The lowest BCUT2D eigenvalue weighted by Gasteiger charge is -2.23. The van der Waals surface area contributed by atoms with Gasteiger partial charge in [-0.05, 0) is 19.3 Å². The van der Waals surface area contributed by atoms with E-state index in [1.807, 2.05) is 0 Å². The first-order chi connectivity index (χ1) is 7.95. The lowest BCUT2D eigenvalue weighted by atomic mass is 9.99. The molecule has 2 aliphatic heterocycles. The molecular formula is C10H14N4O3. The fraction of sp³-hybridized carbons (Fsp3) is 0.700. The quantitative estimate of drug-likeness (QED) is 0.473. The molecule has 0 aromatic rings. The maximum Gasteiger partial charge on any atom is 0.322 e. The van der Waals surface area contributed by atoms with Crippen LogP contribution < -0.4 is 16.4 Å². The summed E-state index contributed by atoms with van der Waals surface area (Å²) in [5.41, 5.74) is 4.19. The first kappa shape index (κ1) is 10.5. The summed E-state index contributed by atoms with van der Waals surface area (Å²) in [5, 5.41) is 4.81. The Kier molecular flexibility index (Phi) is 1.84. The predicted molar refractivity (Wildman–Crippen MR) is 56.8 cm³/mol. The van der Waals surface area contributed by atoms with Crippen LogP contribution in [0, 0.1) is 0 Å². The topological polar surface area (TPSA) is 105 Å². The monoisotopic (exact) mass is 238 g/mol. The van der Waals surface area contributed by atoms with Gasteiger partial charge in [0.05, 0.1) is 12.1 Å². The third-order valence-corrected chi connectivity index (χ3v) is 3.79. The van der Waals surface area contributed by atoms with Crippen molar-refractivity contribution in [3.63, 3.8) is 0 Å². The van der Waals surface area contributed by atoms with Crippen molar-refractivity contribution in [3.05, 3.63) is 0 Å². The third kappa shape index (κ3) is 1.42. The minimum atomic E-state index is -0.933. The maximum atomic E-state index is 12.0. The van der Waals surface area contributed by atoms with E-state index in [2.05, 4.69) is 10.6 Å². The summed E-state index contributed by atoms with van der Waals surface area (Å²) in [6.07, 6.45) is 1.86. The van der Waals surface area contributed by atoms with Crippen molar-refractivity contribution in [2.24, 2.45) is 5.73 Å². The molecule has 3 rings (SSSR count). The van der Waals surface area contributed by atoms with Crippen LogP contribution in [0.3, 0.4) is 0 Å². The summed E-state index contributed by atoms with van der Waals surface area (Å²) in [6, 6.07) is -0.488. The zero-order valence-corrected chi connectivity index (χ0v) is 9.28. The smallest absolute Gasteiger partial charge is 0.322 e. The fourth-order valence-electron chi connectivity index (χ4n) is 2.46. The summed E-state index contributed by atoms with van der Waals surface area (Å²) in [6.45, 7) is 0.688. The third-order valence-electron chi connectivity index (χ3n) is 3.79. The average Bonchev–Trinajstić information content (AvgIpc) is 2.78. The highest BCUT2D eigenvalue weighted by molar-refractivity contribution is 6.08. The van der Waals surface area contributed by atoms with Gasteiger partial charge >= 0.3 is 6.03 Å². The number of carbonyl (C=O) groups excluding carboxylic acids is 3. The lowest BCUT2D eigenvalue weighted by Crippen LogP contribution is -2.52. The molecule has 2 saturated heterocycles. The van der Waals surface area contributed by atoms with Gasteiger partial charge in [0.15, 0.2) is 0 Å². The van der Waals surface area contributed by atoms with Crippen molar-refractivity contribution in [1.29, 1.82) is 0 Å². The van der Waals surface area contributed by atoms with E-state index in [4.69, 9.17) is 5.73 Å². The SMILES string of the molecule is NC1(C(=O)N2CCC3(C2)NC(=O)NC3=O)CC1. The van der Waals surface area contributed by atoms with E-state index in [-0.39, 0.29) is 18.4 Å². The van der Waals surface area contributed by atoms with Gasteiger partial charge in [0, 0.05) is 6.54 Å². The number of imide groups is 1. The van der Waals surface area contributed by atoms with Crippen LogP contribution in [-0.2, 0) is 9.59 Å². The van der Waals surface area contributed by atoms with E-state index in [0.717, 1.165) is 0 Å². The highest BCUT2D eigenvalue weighted by atomic mass is 16.2. The number of hydrogen-bond acceptors (Lipinski definition) is 4. The van der Waals surface area contributed by atoms with Crippen molar-refractivity contribution in [3.8, 4) is 0 Å². The van der Waals surface area contributed by atoms with Gasteiger partial charge in [0.2, 0.25) is 5.91 Å². The summed E-state index contributed by atoms with van der Waals surface area (Å²) < 4.78 is 0. The number of carbonyl (C=O) groups is 3. The average molecular weight is 238 g/mol. The molecule has 3 fully saturated rings. The van der Waals surface area contributed by atoms with Gasteiger partial charge in [-0.2, -0.15) is 0 Å². The van der Waals surface area contributed by atoms with Gasteiger partial charge in [-0.25, -0.2) is 4.79 Å². The van der Waals surface area contributed by atoms with Crippen molar-refractivity contribution >= 4 is 17.8 Å². The second kappa shape index (κ2) is 2.98. The predicted octanol–water partition coefficient (Wildman–Crippen LogP) is -1.71. The van der Waals surface area contributed by atoms with Crippen LogP contribution >= 0.6 is 0 Å².